The summed E-state index contributed by atoms with van der Waals surface area (Å²) in [5, 5.41) is 18.1. The summed E-state index contributed by atoms with van der Waals surface area (Å²) in [5.41, 5.74) is 1.11. The van der Waals surface area contributed by atoms with Crippen LogP contribution in [0.25, 0.3) is 5.69 Å². The Balaban J connectivity index is 1.89. The van der Waals surface area contributed by atoms with Crippen LogP contribution in [0.4, 0.5) is 0 Å². The highest BCUT2D eigenvalue weighted by molar-refractivity contribution is 5.96. The number of para-hydroxylation sites is 1. The molecule has 2 aromatic rings. The van der Waals surface area contributed by atoms with Crippen LogP contribution in [0, 0.1) is 5.92 Å². The number of aromatic nitrogens is 2. The van der Waals surface area contributed by atoms with Crippen LogP contribution in [0.2, 0.25) is 0 Å². The van der Waals surface area contributed by atoms with Gasteiger partial charge >= 0.3 is 5.97 Å². The van der Waals surface area contributed by atoms with Gasteiger partial charge in [-0.2, -0.15) is 5.10 Å². The van der Waals surface area contributed by atoms with Gasteiger partial charge in [0.1, 0.15) is 6.04 Å². The Hall–Kier alpha value is -3.16. The van der Waals surface area contributed by atoms with E-state index in [9.17, 15) is 14.4 Å². The zero-order valence-electron chi connectivity index (χ0n) is 14.7. The van der Waals surface area contributed by atoms with Gasteiger partial charge in [0.15, 0.2) is 0 Å². The number of benzene rings is 1. The van der Waals surface area contributed by atoms with E-state index in [1.807, 2.05) is 44.2 Å². The molecule has 138 valence electrons. The number of rotatable bonds is 8. The molecule has 2 amide bonds. The zero-order chi connectivity index (χ0) is 19.1. The quantitative estimate of drug-likeness (QED) is 0.657. The van der Waals surface area contributed by atoms with Crippen LogP contribution in [0.5, 0.6) is 0 Å². The Morgan fingerprint density at radius 2 is 1.88 bits per heavy atom. The van der Waals surface area contributed by atoms with Gasteiger partial charge < -0.3 is 15.7 Å². The zero-order valence-corrected chi connectivity index (χ0v) is 14.7. The summed E-state index contributed by atoms with van der Waals surface area (Å²) in [6.45, 7) is 3.43. The molecular weight excluding hydrogens is 336 g/mol. The summed E-state index contributed by atoms with van der Waals surface area (Å²) in [4.78, 5) is 35.2. The first-order valence-electron chi connectivity index (χ1n) is 8.27. The van der Waals surface area contributed by atoms with Crippen molar-refractivity contribution in [3.05, 3.63) is 48.3 Å². The largest absolute Gasteiger partial charge is 0.480 e. The maximum absolute atomic E-state index is 12.1. The third-order valence-corrected chi connectivity index (χ3v) is 3.62. The van der Waals surface area contributed by atoms with Crippen LogP contribution in [-0.4, -0.2) is 45.3 Å². The summed E-state index contributed by atoms with van der Waals surface area (Å²) >= 11 is 0. The van der Waals surface area contributed by atoms with Crippen molar-refractivity contribution in [2.24, 2.45) is 5.92 Å². The summed E-state index contributed by atoms with van der Waals surface area (Å²) < 4.78 is 1.55. The van der Waals surface area contributed by atoms with Crippen LogP contribution < -0.4 is 10.6 Å². The van der Waals surface area contributed by atoms with Gasteiger partial charge in [0.2, 0.25) is 5.91 Å². The topological polar surface area (TPSA) is 113 Å². The summed E-state index contributed by atoms with van der Waals surface area (Å²) in [6.07, 6.45) is 3.28. The van der Waals surface area contributed by atoms with Crippen molar-refractivity contribution in [2.45, 2.75) is 26.3 Å². The Morgan fingerprint density at radius 3 is 2.50 bits per heavy atom. The first-order valence-corrected chi connectivity index (χ1v) is 8.27. The molecule has 26 heavy (non-hydrogen) atoms. The van der Waals surface area contributed by atoms with Crippen LogP contribution in [0.3, 0.4) is 0 Å². The fourth-order valence-corrected chi connectivity index (χ4v) is 2.36. The highest BCUT2D eigenvalue weighted by Crippen LogP contribution is 2.07. The van der Waals surface area contributed by atoms with Gasteiger partial charge in [0.05, 0.1) is 24.0 Å². The van der Waals surface area contributed by atoms with E-state index in [2.05, 4.69) is 15.7 Å². The van der Waals surface area contributed by atoms with Crippen LogP contribution >= 0.6 is 0 Å². The number of carbonyl (C=O) groups is 3. The average Bonchev–Trinajstić information content (AvgIpc) is 3.09. The predicted octanol–water partition coefficient (Wildman–Crippen LogP) is 1.22. The van der Waals surface area contributed by atoms with Crippen molar-refractivity contribution >= 4 is 17.8 Å². The molecule has 0 aliphatic rings. The second kappa shape index (κ2) is 8.80. The lowest BCUT2D eigenvalue weighted by Crippen LogP contribution is -2.46. The van der Waals surface area contributed by atoms with Gasteiger partial charge in [-0.05, 0) is 24.5 Å². The highest BCUT2D eigenvalue weighted by atomic mass is 16.4. The molecule has 1 aromatic heterocycles. The second-order valence-electron chi connectivity index (χ2n) is 6.28. The molecule has 3 N–H and O–H groups in total. The molecule has 8 nitrogen and oxygen atoms in total. The summed E-state index contributed by atoms with van der Waals surface area (Å²) in [7, 11) is 0. The Bertz CT molecular complexity index is 771. The predicted molar refractivity (Wildman–Crippen MR) is 94.9 cm³/mol. The number of carbonyl (C=O) groups excluding carboxylic acids is 2. The Labute approximate surface area is 151 Å². The van der Waals surface area contributed by atoms with E-state index in [0.29, 0.717) is 12.0 Å². The molecule has 0 bridgehead atoms. The van der Waals surface area contributed by atoms with E-state index in [4.69, 9.17) is 5.11 Å². The molecule has 1 atom stereocenters. The number of hydrogen-bond acceptors (Lipinski definition) is 4. The maximum Gasteiger partial charge on any atom is 0.326 e. The Morgan fingerprint density at radius 1 is 1.19 bits per heavy atom. The first-order chi connectivity index (χ1) is 12.4. The van der Waals surface area contributed by atoms with E-state index in [-0.39, 0.29) is 12.5 Å². The van der Waals surface area contributed by atoms with Crippen molar-refractivity contribution in [2.75, 3.05) is 6.54 Å². The molecule has 8 heteroatoms. The lowest BCUT2D eigenvalue weighted by molar-refractivity contribution is -0.142. The molecule has 0 aliphatic carbocycles. The molecule has 0 fully saturated rings. The molecule has 0 saturated heterocycles. The van der Waals surface area contributed by atoms with Crippen molar-refractivity contribution in [3.63, 3.8) is 0 Å². The van der Waals surface area contributed by atoms with E-state index in [1.54, 1.807) is 10.9 Å². The fraction of sp³-hybridized carbons (Fsp3) is 0.333. The number of amides is 2. The number of carboxylic acid groups (broad SMARTS) is 1. The third-order valence-electron chi connectivity index (χ3n) is 3.62. The minimum absolute atomic E-state index is 0.120. The van der Waals surface area contributed by atoms with Crippen molar-refractivity contribution < 1.29 is 19.5 Å². The fourth-order valence-electron chi connectivity index (χ4n) is 2.36. The van der Waals surface area contributed by atoms with Gasteiger partial charge in [0, 0.05) is 6.20 Å². The number of nitrogens with zero attached hydrogens (tertiary/aromatic N) is 2. The van der Waals surface area contributed by atoms with E-state index < -0.39 is 23.8 Å². The highest BCUT2D eigenvalue weighted by Gasteiger charge is 2.21. The standard InChI is InChI=1S/C18H22N4O4/c1-12(2)8-15(18(25)26)21-16(23)10-19-17(24)13-9-20-22(11-13)14-6-4-3-5-7-14/h3-7,9,11-12,15H,8,10H2,1-2H3,(H,19,24)(H,21,23)(H,25,26)/t15-/m0/s1. The van der Waals surface area contributed by atoms with E-state index in [1.165, 1.54) is 6.20 Å². The van der Waals surface area contributed by atoms with Gasteiger partial charge in [-0.15, -0.1) is 0 Å². The molecule has 0 saturated carbocycles. The molecular formula is C18H22N4O4. The SMILES string of the molecule is CC(C)C[C@H](NC(=O)CNC(=O)c1cnn(-c2ccccc2)c1)C(=O)O. The molecule has 0 aliphatic heterocycles. The minimum Gasteiger partial charge on any atom is -0.480 e. The van der Waals surface area contributed by atoms with E-state index >= 15 is 0 Å². The van der Waals surface area contributed by atoms with Crippen molar-refractivity contribution in [3.8, 4) is 5.69 Å². The van der Waals surface area contributed by atoms with E-state index in [0.717, 1.165) is 5.69 Å². The average molecular weight is 358 g/mol. The van der Waals surface area contributed by atoms with Crippen LogP contribution in [-0.2, 0) is 9.59 Å². The molecule has 0 radical (unpaired) electrons. The number of carboxylic acids is 1. The lowest BCUT2D eigenvalue weighted by atomic mass is 10.0. The summed E-state index contributed by atoms with van der Waals surface area (Å²) in [5.74, 6) is -1.99. The monoisotopic (exact) mass is 358 g/mol. The number of hydrogen-bond donors (Lipinski definition) is 3. The molecule has 0 unspecified atom stereocenters. The molecule has 2 rings (SSSR count). The first kappa shape index (κ1) is 19.2. The van der Waals surface area contributed by atoms with Gasteiger partial charge in [0.25, 0.3) is 5.91 Å². The molecule has 1 heterocycles. The van der Waals surface area contributed by atoms with Crippen molar-refractivity contribution in [1.82, 2.24) is 20.4 Å². The lowest BCUT2D eigenvalue weighted by Gasteiger charge is -2.16. The smallest absolute Gasteiger partial charge is 0.326 e. The maximum atomic E-state index is 12.1. The minimum atomic E-state index is -1.09. The number of aliphatic carboxylic acids is 1. The van der Waals surface area contributed by atoms with Crippen LogP contribution in [0.1, 0.15) is 30.6 Å². The van der Waals surface area contributed by atoms with Gasteiger partial charge in [-0.3, -0.25) is 9.59 Å². The molecule has 0 spiro atoms. The Kier molecular flexibility index (Phi) is 6.48. The third kappa shape index (κ3) is 5.44. The van der Waals surface area contributed by atoms with Gasteiger partial charge in [-0.1, -0.05) is 32.0 Å². The summed E-state index contributed by atoms with van der Waals surface area (Å²) in [6, 6.07) is 8.32. The second-order valence-corrected chi connectivity index (χ2v) is 6.28. The van der Waals surface area contributed by atoms with Crippen LogP contribution in [0.15, 0.2) is 42.7 Å². The van der Waals surface area contributed by atoms with Gasteiger partial charge in [-0.25, -0.2) is 9.48 Å². The van der Waals surface area contributed by atoms with Crippen molar-refractivity contribution in [1.29, 1.82) is 0 Å². The number of nitrogens with one attached hydrogen (secondary N) is 2. The molecule has 1 aromatic carbocycles. The normalized spacial score (nSPS) is 11.8.